The second-order valence-corrected chi connectivity index (χ2v) is 8.32. The predicted molar refractivity (Wildman–Crippen MR) is 121 cm³/mol. The van der Waals surface area contributed by atoms with E-state index in [0.29, 0.717) is 16.7 Å². The van der Waals surface area contributed by atoms with Crippen LogP contribution in [0.3, 0.4) is 0 Å². The molecule has 1 N–H and O–H groups in total. The molecule has 0 radical (unpaired) electrons. The number of aryl methyl sites for hydroxylation is 1. The normalized spacial score (nSPS) is 15.2. The van der Waals surface area contributed by atoms with E-state index in [-0.39, 0.29) is 0 Å². The minimum absolute atomic E-state index is 0.665. The highest BCUT2D eigenvalue weighted by Gasteiger charge is 2.15. The Hall–Kier alpha value is -1.56. The topological polar surface area (TPSA) is 31.6 Å². The smallest absolute Gasteiger partial charge is 0.173 e. The van der Waals surface area contributed by atoms with Crippen LogP contribution in [0, 0.1) is 6.92 Å². The summed E-state index contributed by atoms with van der Waals surface area (Å²) in [5.74, 6) is 0.918. The van der Waals surface area contributed by atoms with Crippen LogP contribution in [0.5, 0.6) is 0 Å². The fourth-order valence-electron chi connectivity index (χ4n) is 3.61. The molecule has 1 aromatic carbocycles. The van der Waals surface area contributed by atoms with Gasteiger partial charge in [-0.3, -0.25) is 0 Å². The average Bonchev–Trinajstić information content (AvgIpc) is 3.05. The van der Waals surface area contributed by atoms with Gasteiger partial charge in [0, 0.05) is 17.3 Å². The fourth-order valence-corrected chi connectivity index (χ4v) is 4.05. The summed E-state index contributed by atoms with van der Waals surface area (Å²) in [5, 5.41) is 4.79. The summed E-state index contributed by atoms with van der Waals surface area (Å²) in [6.07, 6.45) is 8.18. The standard InChI is InChI=1S/C22H30ClN3OS/c1-18-9-10-19(23)16-21(18)24-22(28)26(17-20-8-6-15-27-20)14-7-13-25-11-4-2-3-5-12-25/h6,8-10,15-16H,2-5,7,11-14,17H2,1H3,(H,24,28). The molecule has 152 valence electrons. The lowest BCUT2D eigenvalue weighted by Gasteiger charge is -2.27. The van der Waals surface area contributed by atoms with Gasteiger partial charge in [-0.05, 0) is 87.9 Å². The van der Waals surface area contributed by atoms with Gasteiger partial charge in [0.15, 0.2) is 5.11 Å². The lowest BCUT2D eigenvalue weighted by atomic mass is 10.2. The SMILES string of the molecule is Cc1ccc(Cl)cc1NC(=S)N(CCCN1CCCCCC1)Cc1ccco1. The number of halogens is 1. The molecule has 1 fully saturated rings. The van der Waals surface area contributed by atoms with Crippen molar-refractivity contribution >= 4 is 34.6 Å². The predicted octanol–water partition coefficient (Wildman–Crippen LogP) is 5.71. The van der Waals surface area contributed by atoms with E-state index in [1.807, 2.05) is 30.3 Å². The molecular weight excluding hydrogens is 390 g/mol. The molecule has 1 aliphatic rings. The molecule has 0 amide bonds. The van der Waals surface area contributed by atoms with E-state index >= 15 is 0 Å². The maximum atomic E-state index is 6.16. The van der Waals surface area contributed by atoms with Crippen LogP contribution in [-0.2, 0) is 6.54 Å². The maximum absolute atomic E-state index is 6.16. The summed E-state index contributed by atoms with van der Waals surface area (Å²) in [6, 6.07) is 9.74. The van der Waals surface area contributed by atoms with Crippen LogP contribution in [0.4, 0.5) is 5.69 Å². The molecule has 0 spiro atoms. The Kier molecular flexibility index (Phi) is 8.19. The molecule has 4 nitrogen and oxygen atoms in total. The third kappa shape index (κ3) is 6.50. The van der Waals surface area contributed by atoms with Crippen LogP contribution in [0.2, 0.25) is 5.02 Å². The van der Waals surface area contributed by atoms with E-state index in [9.17, 15) is 0 Å². The third-order valence-electron chi connectivity index (χ3n) is 5.26. The van der Waals surface area contributed by atoms with Crippen LogP contribution in [0.15, 0.2) is 41.0 Å². The molecule has 0 saturated carbocycles. The first-order valence-electron chi connectivity index (χ1n) is 10.2. The lowest BCUT2D eigenvalue weighted by Crippen LogP contribution is -2.37. The molecule has 0 aliphatic carbocycles. The summed E-state index contributed by atoms with van der Waals surface area (Å²) in [7, 11) is 0. The van der Waals surface area contributed by atoms with Gasteiger partial charge in [-0.2, -0.15) is 0 Å². The van der Waals surface area contributed by atoms with Gasteiger partial charge in [-0.15, -0.1) is 0 Å². The number of furan rings is 1. The van der Waals surface area contributed by atoms with Crippen LogP contribution >= 0.6 is 23.8 Å². The average molecular weight is 420 g/mol. The second-order valence-electron chi connectivity index (χ2n) is 7.50. The molecule has 3 rings (SSSR count). The first-order valence-corrected chi connectivity index (χ1v) is 11.0. The van der Waals surface area contributed by atoms with Gasteiger partial charge >= 0.3 is 0 Å². The van der Waals surface area contributed by atoms with Crippen molar-refractivity contribution in [3.8, 4) is 0 Å². The van der Waals surface area contributed by atoms with E-state index < -0.39 is 0 Å². The quantitative estimate of drug-likeness (QED) is 0.581. The zero-order valence-corrected chi connectivity index (χ0v) is 18.2. The lowest BCUT2D eigenvalue weighted by molar-refractivity contribution is 0.262. The Morgan fingerprint density at radius 1 is 1.21 bits per heavy atom. The number of hydrogen-bond acceptors (Lipinski definition) is 3. The van der Waals surface area contributed by atoms with Gasteiger partial charge < -0.3 is 19.5 Å². The Balaban J connectivity index is 1.60. The number of benzene rings is 1. The van der Waals surface area contributed by atoms with Crippen molar-refractivity contribution in [1.82, 2.24) is 9.80 Å². The number of nitrogens with one attached hydrogen (secondary N) is 1. The molecule has 0 unspecified atom stereocenters. The summed E-state index contributed by atoms with van der Waals surface area (Å²) < 4.78 is 5.56. The highest BCUT2D eigenvalue weighted by Crippen LogP contribution is 2.21. The molecule has 1 aromatic heterocycles. The van der Waals surface area contributed by atoms with Crippen LogP contribution in [0.1, 0.15) is 43.4 Å². The fraction of sp³-hybridized carbons (Fsp3) is 0.500. The summed E-state index contributed by atoms with van der Waals surface area (Å²) in [5.41, 5.74) is 2.07. The monoisotopic (exact) mass is 419 g/mol. The number of nitrogens with zero attached hydrogens (tertiary/aromatic N) is 2. The van der Waals surface area contributed by atoms with E-state index in [4.69, 9.17) is 28.2 Å². The minimum Gasteiger partial charge on any atom is -0.467 e. The zero-order valence-electron chi connectivity index (χ0n) is 16.6. The van der Waals surface area contributed by atoms with Crippen LogP contribution in [0.25, 0.3) is 0 Å². The molecule has 1 aliphatic heterocycles. The Morgan fingerprint density at radius 2 is 2.00 bits per heavy atom. The summed E-state index contributed by atoms with van der Waals surface area (Å²) in [6.45, 7) is 7.18. The molecule has 2 heterocycles. The Bertz CT molecular complexity index is 742. The van der Waals surface area contributed by atoms with Gasteiger partial charge in [0.1, 0.15) is 5.76 Å². The molecule has 6 heteroatoms. The minimum atomic E-state index is 0.665. The number of likely N-dealkylation sites (tertiary alicyclic amines) is 1. The van der Waals surface area contributed by atoms with Gasteiger partial charge in [0.05, 0.1) is 12.8 Å². The first-order chi connectivity index (χ1) is 13.6. The van der Waals surface area contributed by atoms with Gasteiger partial charge in [0.25, 0.3) is 0 Å². The molecule has 1 saturated heterocycles. The van der Waals surface area contributed by atoms with E-state index in [0.717, 1.165) is 36.5 Å². The van der Waals surface area contributed by atoms with Crippen molar-refractivity contribution < 1.29 is 4.42 Å². The van der Waals surface area contributed by atoms with Gasteiger partial charge in [0.2, 0.25) is 0 Å². The van der Waals surface area contributed by atoms with Crippen LogP contribution in [-0.4, -0.2) is 41.1 Å². The molecule has 0 bridgehead atoms. The highest BCUT2D eigenvalue weighted by molar-refractivity contribution is 7.80. The maximum Gasteiger partial charge on any atom is 0.173 e. The number of anilines is 1. The Morgan fingerprint density at radius 3 is 2.71 bits per heavy atom. The van der Waals surface area contributed by atoms with E-state index in [2.05, 4.69) is 22.0 Å². The summed E-state index contributed by atoms with van der Waals surface area (Å²) >= 11 is 11.9. The number of rotatable bonds is 7. The van der Waals surface area contributed by atoms with Crippen molar-refractivity contribution in [2.75, 3.05) is 31.5 Å². The van der Waals surface area contributed by atoms with E-state index in [1.54, 1.807) is 6.26 Å². The molecule has 2 aromatic rings. The van der Waals surface area contributed by atoms with Crippen LogP contribution < -0.4 is 5.32 Å². The van der Waals surface area contributed by atoms with Gasteiger partial charge in [-0.1, -0.05) is 30.5 Å². The van der Waals surface area contributed by atoms with Crippen molar-refractivity contribution in [3.63, 3.8) is 0 Å². The van der Waals surface area contributed by atoms with Gasteiger partial charge in [-0.25, -0.2) is 0 Å². The third-order valence-corrected chi connectivity index (χ3v) is 5.85. The highest BCUT2D eigenvalue weighted by atomic mass is 35.5. The first kappa shape index (κ1) is 21.2. The summed E-state index contributed by atoms with van der Waals surface area (Å²) in [4.78, 5) is 4.78. The molecule has 0 atom stereocenters. The largest absolute Gasteiger partial charge is 0.467 e. The molecule has 28 heavy (non-hydrogen) atoms. The van der Waals surface area contributed by atoms with Crippen molar-refractivity contribution in [2.45, 2.75) is 45.6 Å². The number of thiocarbonyl (C=S) groups is 1. The Labute approximate surface area is 178 Å². The number of hydrogen-bond donors (Lipinski definition) is 1. The van der Waals surface area contributed by atoms with Crippen molar-refractivity contribution in [3.05, 3.63) is 52.9 Å². The van der Waals surface area contributed by atoms with Crippen molar-refractivity contribution in [2.24, 2.45) is 0 Å². The molecular formula is C22H30ClN3OS. The second kappa shape index (κ2) is 10.8. The van der Waals surface area contributed by atoms with Crippen molar-refractivity contribution in [1.29, 1.82) is 0 Å². The zero-order chi connectivity index (χ0) is 19.8. The van der Waals surface area contributed by atoms with E-state index in [1.165, 1.54) is 38.8 Å².